The highest BCUT2D eigenvalue weighted by Gasteiger charge is 2.23. The van der Waals surface area contributed by atoms with Crippen LogP contribution in [0, 0.1) is 0 Å². The minimum Gasteiger partial charge on any atom is -0.481 e. The molecule has 5 aromatic rings. The van der Waals surface area contributed by atoms with Crippen LogP contribution >= 0.6 is 0 Å². The van der Waals surface area contributed by atoms with Gasteiger partial charge in [0.15, 0.2) is 0 Å². The fourth-order valence-corrected chi connectivity index (χ4v) is 5.05. The summed E-state index contributed by atoms with van der Waals surface area (Å²) in [5, 5.41) is 15.7. The van der Waals surface area contributed by atoms with Gasteiger partial charge >= 0.3 is 5.97 Å². The van der Waals surface area contributed by atoms with Gasteiger partial charge in [-0.25, -0.2) is 0 Å². The van der Waals surface area contributed by atoms with E-state index >= 15 is 0 Å². The molecule has 0 radical (unpaired) electrons. The molecule has 224 valence electrons. The molecule has 3 N–H and O–H groups in total. The zero-order valence-electron chi connectivity index (χ0n) is 25.1. The van der Waals surface area contributed by atoms with Gasteiger partial charge in [-0.1, -0.05) is 75.4 Å². The highest BCUT2D eigenvalue weighted by molar-refractivity contribution is 5.96. The molecular formula is C37H36N2O5. The zero-order chi connectivity index (χ0) is 31.3. The predicted molar refractivity (Wildman–Crippen MR) is 174 cm³/mol. The molecule has 0 saturated heterocycles. The third-order valence-electron chi connectivity index (χ3n) is 7.60. The molecule has 0 spiro atoms. The Bertz CT molecular complexity index is 1730. The van der Waals surface area contributed by atoms with Gasteiger partial charge in [0.25, 0.3) is 0 Å². The molecule has 0 saturated carbocycles. The van der Waals surface area contributed by atoms with Crippen LogP contribution in [0.2, 0.25) is 0 Å². The van der Waals surface area contributed by atoms with Gasteiger partial charge < -0.3 is 20.2 Å². The van der Waals surface area contributed by atoms with E-state index in [0.29, 0.717) is 17.8 Å². The van der Waals surface area contributed by atoms with Crippen LogP contribution in [0.5, 0.6) is 0 Å². The smallest absolute Gasteiger partial charge is 0.303 e. The summed E-state index contributed by atoms with van der Waals surface area (Å²) in [4.78, 5) is 36.6. The maximum atomic E-state index is 13.8. The maximum absolute atomic E-state index is 13.8. The Hall–Kier alpha value is -5.17. The van der Waals surface area contributed by atoms with Crippen molar-refractivity contribution in [3.63, 3.8) is 0 Å². The van der Waals surface area contributed by atoms with Crippen LogP contribution in [0.25, 0.3) is 22.3 Å². The molecule has 1 aromatic heterocycles. The van der Waals surface area contributed by atoms with Crippen molar-refractivity contribution in [1.29, 1.82) is 0 Å². The van der Waals surface area contributed by atoms with Gasteiger partial charge in [-0.3, -0.25) is 14.4 Å². The van der Waals surface area contributed by atoms with E-state index in [1.54, 1.807) is 12.1 Å². The Balaban J connectivity index is 1.33. The van der Waals surface area contributed by atoms with Gasteiger partial charge in [0, 0.05) is 28.7 Å². The quantitative estimate of drug-likeness (QED) is 0.153. The molecule has 1 unspecified atom stereocenters. The first-order chi connectivity index (χ1) is 21.0. The molecule has 4 aromatic carbocycles. The summed E-state index contributed by atoms with van der Waals surface area (Å²) < 4.78 is 5.99. The van der Waals surface area contributed by atoms with E-state index in [2.05, 4.69) is 43.5 Å². The van der Waals surface area contributed by atoms with Gasteiger partial charge in [-0.05, 0) is 77.1 Å². The van der Waals surface area contributed by atoms with Crippen molar-refractivity contribution < 1.29 is 23.9 Å². The summed E-state index contributed by atoms with van der Waals surface area (Å²) in [6.07, 6.45) is 0.130. The normalized spacial score (nSPS) is 12.1. The maximum Gasteiger partial charge on any atom is 0.303 e. The first kappa shape index (κ1) is 30.3. The Labute approximate surface area is 256 Å². The number of benzene rings is 4. The fraction of sp³-hybridized carbons (Fsp3) is 0.216. The second-order valence-electron chi connectivity index (χ2n) is 12.0. The van der Waals surface area contributed by atoms with E-state index in [9.17, 15) is 14.4 Å². The number of carbonyl (C=O) groups is 3. The fourth-order valence-electron chi connectivity index (χ4n) is 5.05. The number of carboxylic acids is 1. The summed E-state index contributed by atoms with van der Waals surface area (Å²) in [5.74, 6) is -1.20. The molecule has 0 aliphatic heterocycles. The van der Waals surface area contributed by atoms with Gasteiger partial charge in [-0.2, -0.15) is 0 Å². The summed E-state index contributed by atoms with van der Waals surface area (Å²) >= 11 is 0. The molecule has 0 fully saturated rings. The van der Waals surface area contributed by atoms with Crippen LogP contribution in [-0.4, -0.2) is 22.9 Å². The molecule has 5 rings (SSSR count). The number of hydrogen-bond donors (Lipinski definition) is 3. The van der Waals surface area contributed by atoms with Crippen molar-refractivity contribution >= 4 is 40.1 Å². The number of rotatable bonds is 10. The van der Waals surface area contributed by atoms with Crippen LogP contribution in [0.4, 0.5) is 11.4 Å². The van der Waals surface area contributed by atoms with Crippen LogP contribution in [0.1, 0.15) is 56.2 Å². The lowest BCUT2D eigenvalue weighted by Crippen LogP contribution is -2.23. The molecule has 0 aliphatic rings. The SMILES string of the molecule is CC(C)(C)c1ccc(C(Cc2ccc(NC(=O)CCC(=O)O)cc2)C(=O)Nc2ccc(-c3cc4ccccc4o3)cc2)cc1. The number of para-hydroxylation sites is 1. The van der Waals surface area contributed by atoms with E-state index < -0.39 is 11.9 Å². The lowest BCUT2D eigenvalue weighted by atomic mass is 9.84. The van der Waals surface area contributed by atoms with Crippen LogP contribution < -0.4 is 10.6 Å². The molecule has 1 heterocycles. The topological polar surface area (TPSA) is 109 Å². The summed E-state index contributed by atoms with van der Waals surface area (Å²) in [6, 6.07) is 33.0. The van der Waals surface area contributed by atoms with Gasteiger partial charge in [0.05, 0.1) is 12.3 Å². The number of hydrogen-bond acceptors (Lipinski definition) is 4. The number of aliphatic carboxylic acids is 1. The van der Waals surface area contributed by atoms with E-state index in [-0.39, 0.29) is 30.1 Å². The number of amides is 2. The first-order valence-corrected chi connectivity index (χ1v) is 14.7. The average molecular weight is 589 g/mol. The Morgan fingerprint density at radius 2 is 1.41 bits per heavy atom. The third-order valence-corrected chi connectivity index (χ3v) is 7.60. The Kier molecular flexibility index (Phi) is 8.95. The minimum atomic E-state index is -1.02. The largest absolute Gasteiger partial charge is 0.481 e. The van der Waals surface area contributed by atoms with Crippen molar-refractivity contribution in [1.82, 2.24) is 0 Å². The van der Waals surface area contributed by atoms with Crippen molar-refractivity contribution in [2.45, 2.75) is 51.4 Å². The molecule has 0 aliphatic carbocycles. The van der Waals surface area contributed by atoms with Crippen molar-refractivity contribution in [2.24, 2.45) is 0 Å². The molecule has 2 amide bonds. The summed E-state index contributed by atoms with van der Waals surface area (Å²) in [6.45, 7) is 6.47. The number of carboxylic acid groups (broad SMARTS) is 1. The molecule has 0 bridgehead atoms. The number of fused-ring (bicyclic) bond motifs is 1. The first-order valence-electron chi connectivity index (χ1n) is 14.7. The molecular weight excluding hydrogens is 552 g/mol. The summed E-state index contributed by atoms with van der Waals surface area (Å²) in [7, 11) is 0. The van der Waals surface area contributed by atoms with E-state index in [4.69, 9.17) is 9.52 Å². The van der Waals surface area contributed by atoms with Crippen molar-refractivity contribution in [3.8, 4) is 11.3 Å². The molecule has 7 nitrogen and oxygen atoms in total. The van der Waals surface area contributed by atoms with Crippen molar-refractivity contribution in [3.05, 3.63) is 120 Å². The second kappa shape index (κ2) is 13.0. The summed E-state index contributed by atoms with van der Waals surface area (Å²) in [5.41, 5.74) is 6.01. The number of carbonyl (C=O) groups excluding carboxylic acids is 2. The molecule has 1 atom stereocenters. The minimum absolute atomic E-state index is 0.0113. The zero-order valence-corrected chi connectivity index (χ0v) is 25.1. The molecule has 7 heteroatoms. The highest BCUT2D eigenvalue weighted by atomic mass is 16.4. The van der Waals surface area contributed by atoms with Crippen LogP contribution in [0.15, 0.2) is 108 Å². The van der Waals surface area contributed by atoms with Gasteiger partial charge in [-0.15, -0.1) is 0 Å². The lowest BCUT2D eigenvalue weighted by Gasteiger charge is -2.22. The van der Waals surface area contributed by atoms with Crippen molar-refractivity contribution in [2.75, 3.05) is 10.6 Å². The number of nitrogens with one attached hydrogen (secondary N) is 2. The van der Waals surface area contributed by atoms with Gasteiger partial charge in [0.1, 0.15) is 11.3 Å². The van der Waals surface area contributed by atoms with Crippen LogP contribution in [0.3, 0.4) is 0 Å². The average Bonchev–Trinajstić information content (AvgIpc) is 3.44. The monoisotopic (exact) mass is 588 g/mol. The van der Waals surface area contributed by atoms with E-state index in [1.165, 1.54) is 5.56 Å². The number of furan rings is 1. The third kappa shape index (κ3) is 7.61. The lowest BCUT2D eigenvalue weighted by molar-refractivity contribution is -0.138. The Morgan fingerprint density at radius 1 is 0.773 bits per heavy atom. The Morgan fingerprint density at radius 3 is 2.05 bits per heavy atom. The standard InChI is InChI=1S/C37H36N2O5/c1-37(2,3)28-14-10-25(11-15-28)31(22-24-8-16-29(17-9-24)38-34(40)20-21-35(41)42)36(43)39-30-18-12-26(13-19-30)33-23-27-6-4-5-7-32(27)44-33/h4-19,23,31H,20-22H2,1-3H3,(H,38,40)(H,39,43)(H,41,42). The number of anilines is 2. The van der Waals surface area contributed by atoms with E-state index in [1.807, 2.05) is 78.9 Å². The predicted octanol–water partition coefficient (Wildman–Crippen LogP) is 8.17. The van der Waals surface area contributed by atoms with Gasteiger partial charge in [0.2, 0.25) is 11.8 Å². The second-order valence-corrected chi connectivity index (χ2v) is 12.0. The molecule has 44 heavy (non-hydrogen) atoms. The van der Waals surface area contributed by atoms with Crippen LogP contribution in [-0.2, 0) is 26.2 Å². The van der Waals surface area contributed by atoms with E-state index in [0.717, 1.165) is 33.4 Å². The highest BCUT2D eigenvalue weighted by Crippen LogP contribution is 2.30.